The molecule has 1 aliphatic rings. The van der Waals surface area contributed by atoms with Crippen molar-refractivity contribution in [3.05, 3.63) is 22.4 Å². The summed E-state index contributed by atoms with van der Waals surface area (Å²) >= 11 is 1.68. The molecule has 21 heavy (non-hydrogen) atoms. The minimum atomic E-state index is -0.420. The highest BCUT2D eigenvalue weighted by atomic mass is 32.1. The summed E-state index contributed by atoms with van der Waals surface area (Å²) in [6.45, 7) is 6.21. The maximum atomic E-state index is 12.7. The van der Waals surface area contributed by atoms with Gasteiger partial charge in [0.05, 0.1) is 18.7 Å². The van der Waals surface area contributed by atoms with E-state index in [4.69, 9.17) is 10.5 Å². The summed E-state index contributed by atoms with van der Waals surface area (Å²) in [4.78, 5) is 15.8. The number of hydrogen-bond donors (Lipinski definition) is 1. The predicted octanol–water partition coefficient (Wildman–Crippen LogP) is 2.63. The van der Waals surface area contributed by atoms with Gasteiger partial charge in [0.25, 0.3) is 0 Å². The monoisotopic (exact) mass is 310 g/mol. The first kappa shape index (κ1) is 16.5. The summed E-state index contributed by atoms with van der Waals surface area (Å²) in [6.07, 6.45) is 3.20. The second kappa shape index (κ2) is 7.92. The van der Waals surface area contributed by atoms with Crippen LogP contribution in [0, 0.1) is 5.92 Å². The summed E-state index contributed by atoms with van der Waals surface area (Å²) in [5.41, 5.74) is 6.15. The van der Waals surface area contributed by atoms with Crippen molar-refractivity contribution in [3.63, 3.8) is 0 Å². The quantitative estimate of drug-likeness (QED) is 0.842. The number of carbonyl (C=O) groups is 1. The van der Waals surface area contributed by atoms with Crippen molar-refractivity contribution >= 4 is 17.2 Å². The summed E-state index contributed by atoms with van der Waals surface area (Å²) in [5.74, 6) is 0.251. The molecule has 5 heteroatoms. The first-order valence-electron chi connectivity index (χ1n) is 7.80. The fourth-order valence-electron chi connectivity index (χ4n) is 2.57. The number of thiophene rings is 1. The van der Waals surface area contributed by atoms with Crippen molar-refractivity contribution in [2.75, 3.05) is 13.2 Å². The van der Waals surface area contributed by atoms with Gasteiger partial charge >= 0.3 is 0 Å². The maximum absolute atomic E-state index is 12.7. The van der Waals surface area contributed by atoms with E-state index in [1.165, 1.54) is 4.88 Å². The van der Waals surface area contributed by atoms with E-state index in [2.05, 4.69) is 13.0 Å². The molecule has 2 rings (SSSR count). The average Bonchev–Trinajstić information content (AvgIpc) is 3.17. The Hall–Kier alpha value is -0.910. The molecule has 1 saturated heterocycles. The average molecular weight is 310 g/mol. The molecule has 0 saturated carbocycles. The Morgan fingerprint density at radius 1 is 1.62 bits per heavy atom. The van der Waals surface area contributed by atoms with Gasteiger partial charge in [-0.05, 0) is 30.2 Å². The molecule has 0 spiro atoms. The molecule has 1 aromatic heterocycles. The van der Waals surface area contributed by atoms with Gasteiger partial charge in [-0.1, -0.05) is 26.3 Å². The lowest BCUT2D eigenvalue weighted by Gasteiger charge is -2.29. The van der Waals surface area contributed by atoms with Gasteiger partial charge in [0.1, 0.15) is 0 Å². The van der Waals surface area contributed by atoms with Gasteiger partial charge < -0.3 is 15.4 Å². The van der Waals surface area contributed by atoms with Gasteiger partial charge in [-0.25, -0.2) is 0 Å². The molecule has 2 N–H and O–H groups in total. The van der Waals surface area contributed by atoms with Gasteiger partial charge in [-0.15, -0.1) is 11.3 Å². The van der Waals surface area contributed by atoms with E-state index in [0.29, 0.717) is 13.1 Å². The van der Waals surface area contributed by atoms with Crippen LogP contribution in [0.5, 0.6) is 0 Å². The van der Waals surface area contributed by atoms with Gasteiger partial charge in [-0.3, -0.25) is 4.79 Å². The van der Waals surface area contributed by atoms with Crippen molar-refractivity contribution < 1.29 is 9.53 Å². The number of nitrogens with two attached hydrogens (primary N) is 1. The molecule has 1 aliphatic heterocycles. The highest BCUT2D eigenvalue weighted by molar-refractivity contribution is 7.09. The zero-order valence-electron chi connectivity index (χ0n) is 13.0. The summed E-state index contributed by atoms with van der Waals surface area (Å²) < 4.78 is 5.69. The van der Waals surface area contributed by atoms with Crippen LogP contribution in [0.1, 0.15) is 38.0 Å². The third-order valence-corrected chi connectivity index (χ3v) is 5.09. The lowest BCUT2D eigenvalue weighted by molar-refractivity contribution is -0.136. The molecular formula is C16H26N2O2S. The fourth-order valence-corrected chi connectivity index (χ4v) is 3.28. The number of rotatable bonds is 7. The second-order valence-electron chi connectivity index (χ2n) is 5.84. The van der Waals surface area contributed by atoms with E-state index in [1.54, 1.807) is 11.3 Å². The molecule has 0 bridgehead atoms. The molecule has 0 radical (unpaired) electrons. The van der Waals surface area contributed by atoms with Gasteiger partial charge in [-0.2, -0.15) is 0 Å². The van der Waals surface area contributed by atoms with Crippen LogP contribution in [0.15, 0.2) is 17.5 Å². The normalized spacial score (nSPS) is 21.2. The highest BCUT2D eigenvalue weighted by Crippen LogP contribution is 2.19. The van der Waals surface area contributed by atoms with E-state index in [9.17, 15) is 4.79 Å². The Morgan fingerprint density at radius 2 is 2.43 bits per heavy atom. The lowest BCUT2D eigenvalue weighted by Crippen LogP contribution is -2.48. The van der Waals surface area contributed by atoms with Crippen molar-refractivity contribution in [2.45, 2.75) is 51.8 Å². The van der Waals surface area contributed by atoms with Gasteiger partial charge in [0.2, 0.25) is 5.91 Å². The minimum absolute atomic E-state index is 0.0493. The highest BCUT2D eigenvalue weighted by Gasteiger charge is 2.28. The van der Waals surface area contributed by atoms with Gasteiger partial charge in [0.15, 0.2) is 0 Å². The molecule has 1 fully saturated rings. The SMILES string of the molecule is CCC(C)[C@H](N)C(=O)N(Cc1cccs1)CC1CCCO1. The van der Waals surface area contributed by atoms with Crippen LogP contribution in [0.3, 0.4) is 0 Å². The summed E-state index contributed by atoms with van der Waals surface area (Å²) in [6, 6.07) is 3.66. The standard InChI is InChI=1S/C16H26N2O2S/c1-3-12(2)15(17)16(19)18(10-13-6-4-8-20-13)11-14-7-5-9-21-14/h5,7,9,12-13,15H,3-4,6,8,10-11,17H2,1-2H3/t12?,13?,15-/m0/s1. The Kier molecular flexibility index (Phi) is 6.21. The topological polar surface area (TPSA) is 55.6 Å². The Labute approximate surface area is 131 Å². The van der Waals surface area contributed by atoms with Crippen LogP contribution < -0.4 is 5.73 Å². The molecule has 1 aromatic rings. The van der Waals surface area contributed by atoms with E-state index >= 15 is 0 Å². The smallest absolute Gasteiger partial charge is 0.240 e. The van der Waals surface area contributed by atoms with Crippen LogP contribution in [-0.4, -0.2) is 36.1 Å². The molecule has 4 nitrogen and oxygen atoms in total. The first-order chi connectivity index (χ1) is 10.1. The van der Waals surface area contributed by atoms with Crippen LogP contribution in [0.25, 0.3) is 0 Å². The minimum Gasteiger partial charge on any atom is -0.376 e. The fraction of sp³-hybridized carbons (Fsp3) is 0.688. The number of ether oxygens (including phenoxy) is 1. The number of carbonyl (C=O) groups excluding carboxylic acids is 1. The van der Waals surface area contributed by atoms with E-state index in [1.807, 2.05) is 23.3 Å². The third kappa shape index (κ3) is 4.53. The Morgan fingerprint density at radius 3 is 3.00 bits per heavy atom. The van der Waals surface area contributed by atoms with Gasteiger partial charge in [0, 0.05) is 18.0 Å². The third-order valence-electron chi connectivity index (χ3n) is 4.23. The van der Waals surface area contributed by atoms with Crippen molar-refractivity contribution in [1.82, 2.24) is 4.90 Å². The molecule has 0 aliphatic carbocycles. The zero-order chi connectivity index (χ0) is 15.2. The van der Waals surface area contributed by atoms with E-state index < -0.39 is 6.04 Å². The molecule has 2 unspecified atom stereocenters. The lowest BCUT2D eigenvalue weighted by atomic mass is 9.98. The second-order valence-corrected chi connectivity index (χ2v) is 6.88. The summed E-state index contributed by atoms with van der Waals surface area (Å²) in [5, 5.41) is 2.04. The maximum Gasteiger partial charge on any atom is 0.240 e. The number of hydrogen-bond acceptors (Lipinski definition) is 4. The molecule has 0 aromatic carbocycles. The predicted molar refractivity (Wildman–Crippen MR) is 86.1 cm³/mol. The molecule has 118 valence electrons. The van der Waals surface area contributed by atoms with Crippen molar-refractivity contribution in [1.29, 1.82) is 0 Å². The number of amides is 1. The van der Waals surface area contributed by atoms with Crippen molar-refractivity contribution in [2.24, 2.45) is 11.7 Å². The Balaban J connectivity index is 2.04. The molecule has 1 amide bonds. The van der Waals surface area contributed by atoms with Crippen LogP contribution in [0.4, 0.5) is 0 Å². The molecule has 2 heterocycles. The molecular weight excluding hydrogens is 284 g/mol. The largest absolute Gasteiger partial charge is 0.376 e. The van der Waals surface area contributed by atoms with Crippen LogP contribution in [0.2, 0.25) is 0 Å². The number of nitrogens with zero attached hydrogens (tertiary/aromatic N) is 1. The van der Waals surface area contributed by atoms with Crippen LogP contribution >= 0.6 is 11.3 Å². The first-order valence-corrected chi connectivity index (χ1v) is 8.68. The summed E-state index contributed by atoms with van der Waals surface area (Å²) in [7, 11) is 0. The molecule has 3 atom stereocenters. The van der Waals surface area contributed by atoms with E-state index in [0.717, 1.165) is 25.9 Å². The Bertz CT molecular complexity index is 429. The van der Waals surface area contributed by atoms with Crippen LogP contribution in [-0.2, 0) is 16.1 Å². The van der Waals surface area contributed by atoms with Crippen molar-refractivity contribution in [3.8, 4) is 0 Å². The van der Waals surface area contributed by atoms with E-state index in [-0.39, 0.29) is 17.9 Å². The zero-order valence-corrected chi connectivity index (χ0v) is 13.8.